The quantitative estimate of drug-likeness (QED) is 0.655. The van der Waals surface area contributed by atoms with Gasteiger partial charge in [-0.05, 0) is 29.8 Å². The van der Waals surface area contributed by atoms with Crippen LogP contribution < -0.4 is 9.47 Å². The van der Waals surface area contributed by atoms with Gasteiger partial charge in [-0.15, -0.1) is 0 Å². The fraction of sp³-hybridized carbons (Fsp3) is 0.188. The predicted octanol–water partition coefficient (Wildman–Crippen LogP) is 2.55. The molecule has 1 heterocycles. The zero-order valence-corrected chi connectivity index (χ0v) is 11.4. The highest BCUT2D eigenvalue weighted by atomic mass is 16.5. The Morgan fingerprint density at radius 2 is 2.00 bits per heavy atom. The monoisotopic (exact) mass is 286 g/mol. The minimum Gasteiger partial charge on any atom is -0.508 e. The molecule has 0 spiro atoms. The highest BCUT2D eigenvalue weighted by Gasteiger charge is 2.31. The highest BCUT2D eigenvalue weighted by Crippen LogP contribution is 2.44. The van der Waals surface area contributed by atoms with Gasteiger partial charge in [0.25, 0.3) is 0 Å². The molecule has 0 saturated heterocycles. The molecule has 21 heavy (non-hydrogen) atoms. The first kappa shape index (κ1) is 13.3. The standard InChI is InChI=1S/C16H14O5/c1-20-14-7-9(5-6-11(14)17)10-8-15(19)21-13-4-2-3-12(18)16(10)13/h2-7,10,17-18H,8H2,1H3. The summed E-state index contributed by atoms with van der Waals surface area (Å²) in [6.45, 7) is 0. The van der Waals surface area contributed by atoms with Gasteiger partial charge in [0.1, 0.15) is 11.5 Å². The molecule has 3 rings (SSSR count). The van der Waals surface area contributed by atoms with Crippen molar-refractivity contribution < 1.29 is 24.5 Å². The van der Waals surface area contributed by atoms with Gasteiger partial charge in [-0.3, -0.25) is 4.79 Å². The van der Waals surface area contributed by atoms with Crippen LogP contribution in [0.25, 0.3) is 0 Å². The van der Waals surface area contributed by atoms with E-state index in [0.29, 0.717) is 17.1 Å². The maximum absolute atomic E-state index is 11.8. The average molecular weight is 286 g/mol. The number of rotatable bonds is 2. The lowest BCUT2D eigenvalue weighted by atomic mass is 9.85. The van der Waals surface area contributed by atoms with Crippen LogP contribution in [0.5, 0.6) is 23.0 Å². The molecule has 5 nitrogen and oxygen atoms in total. The second-order valence-electron chi connectivity index (χ2n) is 4.85. The Balaban J connectivity index is 2.13. The van der Waals surface area contributed by atoms with E-state index in [1.54, 1.807) is 30.3 Å². The summed E-state index contributed by atoms with van der Waals surface area (Å²) in [6.07, 6.45) is 0.124. The van der Waals surface area contributed by atoms with Crippen molar-refractivity contribution in [2.24, 2.45) is 0 Å². The maximum Gasteiger partial charge on any atom is 0.312 e. The molecule has 0 aromatic heterocycles. The van der Waals surface area contributed by atoms with Crippen molar-refractivity contribution in [2.45, 2.75) is 12.3 Å². The van der Waals surface area contributed by atoms with Crippen LogP contribution >= 0.6 is 0 Å². The molecule has 1 unspecified atom stereocenters. The average Bonchev–Trinajstić information content (AvgIpc) is 2.47. The van der Waals surface area contributed by atoms with E-state index < -0.39 is 0 Å². The number of methoxy groups -OCH3 is 1. The predicted molar refractivity (Wildman–Crippen MR) is 74.9 cm³/mol. The minimum atomic E-state index is -0.356. The Hall–Kier alpha value is -2.69. The van der Waals surface area contributed by atoms with Gasteiger partial charge < -0.3 is 19.7 Å². The number of carbonyl (C=O) groups is 1. The van der Waals surface area contributed by atoms with Crippen LogP contribution in [0.1, 0.15) is 23.5 Å². The summed E-state index contributed by atoms with van der Waals surface area (Å²) in [6, 6.07) is 9.71. The number of ether oxygens (including phenoxy) is 2. The van der Waals surface area contributed by atoms with Crippen molar-refractivity contribution in [2.75, 3.05) is 7.11 Å². The summed E-state index contributed by atoms with van der Waals surface area (Å²) in [7, 11) is 1.46. The maximum atomic E-state index is 11.8. The molecule has 0 radical (unpaired) electrons. The minimum absolute atomic E-state index is 0.0251. The van der Waals surface area contributed by atoms with Gasteiger partial charge in [0.05, 0.1) is 13.5 Å². The molecule has 2 N–H and O–H groups in total. The third-order valence-electron chi connectivity index (χ3n) is 3.59. The number of benzene rings is 2. The van der Waals surface area contributed by atoms with Crippen molar-refractivity contribution in [3.05, 3.63) is 47.5 Å². The molecular weight excluding hydrogens is 272 g/mol. The number of aromatic hydroxyl groups is 2. The molecule has 0 amide bonds. The summed E-state index contributed by atoms with van der Waals surface area (Å²) < 4.78 is 10.3. The number of hydrogen-bond donors (Lipinski definition) is 2. The number of carbonyl (C=O) groups excluding carboxylic acids is 1. The Morgan fingerprint density at radius 3 is 2.76 bits per heavy atom. The van der Waals surface area contributed by atoms with Crippen LogP contribution in [0.4, 0.5) is 0 Å². The lowest BCUT2D eigenvalue weighted by Crippen LogP contribution is -2.21. The van der Waals surface area contributed by atoms with Crippen molar-refractivity contribution in [3.63, 3.8) is 0 Å². The number of fused-ring (bicyclic) bond motifs is 1. The van der Waals surface area contributed by atoms with Gasteiger partial charge in [0, 0.05) is 11.5 Å². The van der Waals surface area contributed by atoms with E-state index in [4.69, 9.17) is 9.47 Å². The Morgan fingerprint density at radius 1 is 1.19 bits per heavy atom. The summed E-state index contributed by atoms with van der Waals surface area (Å²) in [5, 5.41) is 19.8. The van der Waals surface area contributed by atoms with Gasteiger partial charge in [-0.25, -0.2) is 0 Å². The summed E-state index contributed by atoms with van der Waals surface area (Å²) in [4.78, 5) is 11.8. The molecule has 0 saturated carbocycles. The Labute approximate surface area is 121 Å². The molecule has 0 bridgehead atoms. The zero-order valence-electron chi connectivity index (χ0n) is 11.4. The van der Waals surface area contributed by atoms with Crippen molar-refractivity contribution >= 4 is 5.97 Å². The fourth-order valence-electron chi connectivity index (χ4n) is 2.60. The largest absolute Gasteiger partial charge is 0.508 e. The molecule has 2 aromatic carbocycles. The third kappa shape index (κ3) is 2.27. The van der Waals surface area contributed by atoms with Crippen LogP contribution in [-0.4, -0.2) is 23.3 Å². The molecule has 0 aliphatic carbocycles. The summed E-state index contributed by atoms with van der Waals surface area (Å²) in [5.41, 5.74) is 1.34. The topological polar surface area (TPSA) is 76.0 Å². The summed E-state index contributed by atoms with van der Waals surface area (Å²) >= 11 is 0. The van der Waals surface area contributed by atoms with Crippen LogP contribution in [0.15, 0.2) is 36.4 Å². The number of esters is 1. The molecular formula is C16H14O5. The normalized spacial score (nSPS) is 17.0. The van der Waals surface area contributed by atoms with Crippen LogP contribution in [0.3, 0.4) is 0 Å². The lowest BCUT2D eigenvalue weighted by Gasteiger charge is -2.25. The molecule has 5 heteroatoms. The van der Waals surface area contributed by atoms with Crippen LogP contribution in [0.2, 0.25) is 0 Å². The molecule has 1 aliphatic heterocycles. The van der Waals surface area contributed by atoms with Crippen molar-refractivity contribution in [1.82, 2.24) is 0 Å². The van der Waals surface area contributed by atoms with Crippen molar-refractivity contribution in [1.29, 1.82) is 0 Å². The zero-order chi connectivity index (χ0) is 15.0. The molecule has 1 aliphatic rings. The number of phenols is 2. The number of phenolic OH excluding ortho intramolecular Hbond substituents is 2. The van der Waals surface area contributed by atoms with E-state index >= 15 is 0 Å². The van der Waals surface area contributed by atoms with Gasteiger partial charge in [-0.2, -0.15) is 0 Å². The molecule has 108 valence electrons. The van der Waals surface area contributed by atoms with Crippen LogP contribution in [-0.2, 0) is 4.79 Å². The first-order valence-corrected chi connectivity index (χ1v) is 6.49. The van der Waals surface area contributed by atoms with Gasteiger partial charge in [0.15, 0.2) is 11.5 Å². The first-order valence-electron chi connectivity index (χ1n) is 6.49. The van der Waals surface area contributed by atoms with E-state index in [1.807, 2.05) is 0 Å². The number of hydrogen-bond acceptors (Lipinski definition) is 5. The smallest absolute Gasteiger partial charge is 0.312 e. The molecule has 2 aromatic rings. The SMILES string of the molecule is COc1cc(C2CC(=O)Oc3cccc(O)c32)ccc1O. The van der Waals surface area contributed by atoms with E-state index in [2.05, 4.69) is 0 Å². The highest BCUT2D eigenvalue weighted by molar-refractivity contribution is 5.78. The second-order valence-corrected chi connectivity index (χ2v) is 4.85. The Bertz CT molecular complexity index is 708. The van der Waals surface area contributed by atoms with Crippen molar-refractivity contribution in [3.8, 4) is 23.0 Å². The van der Waals surface area contributed by atoms with E-state index in [9.17, 15) is 15.0 Å². The fourth-order valence-corrected chi connectivity index (χ4v) is 2.60. The third-order valence-corrected chi connectivity index (χ3v) is 3.59. The van der Waals surface area contributed by atoms with Gasteiger partial charge >= 0.3 is 5.97 Å². The summed E-state index contributed by atoms with van der Waals surface area (Å²) in [5.74, 6) is 0.1000. The lowest BCUT2D eigenvalue weighted by molar-refractivity contribution is -0.135. The van der Waals surface area contributed by atoms with E-state index in [0.717, 1.165) is 5.56 Å². The second kappa shape index (κ2) is 5.01. The van der Waals surface area contributed by atoms with E-state index in [-0.39, 0.29) is 29.8 Å². The molecule has 1 atom stereocenters. The first-order chi connectivity index (χ1) is 10.1. The Kier molecular flexibility index (Phi) is 3.17. The van der Waals surface area contributed by atoms with Gasteiger partial charge in [0.2, 0.25) is 0 Å². The van der Waals surface area contributed by atoms with Gasteiger partial charge in [-0.1, -0.05) is 12.1 Å². The van der Waals surface area contributed by atoms with E-state index in [1.165, 1.54) is 13.2 Å². The van der Waals surface area contributed by atoms with Crippen LogP contribution in [0, 0.1) is 0 Å². The molecule has 0 fully saturated rings.